The van der Waals surface area contributed by atoms with Crippen molar-refractivity contribution in [1.82, 2.24) is 5.32 Å². The van der Waals surface area contributed by atoms with E-state index in [2.05, 4.69) is 10.6 Å². The summed E-state index contributed by atoms with van der Waals surface area (Å²) in [4.78, 5) is 24.7. The van der Waals surface area contributed by atoms with Gasteiger partial charge in [-0.3, -0.25) is 9.59 Å². The Hall–Kier alpha value is -2.66. The van der Waals surface area contributed by atoms with Gasteiger partial charge in [-0.15, -0.1) is 0 Å². The SMILES string of the molecule is Cc1ccc(C(=O)NCC2(CO)CC2)cc1NC(=O)c1ccccc1. The molecule has 0 aromatic heterocycles. The summed E-state index contributed by atoms with van der Waals surface area (Å²) in [5, 5.41) is 15.1. The lowest BCUT2D eigenvalue weighted by Crippen LogP contribution is -2.31. The number of aliphatic hydroxyl groups is 1. The molecule has 5 nitrogen and oxygen atoms in total. The molecule has 0 radical (unpaired) electrons. The van der Waals surface area contributed by atoms with Crippen molar-refractivity contribution in [2.75, 3.05) is 18.5 Å². The van der Waals surface area contributed by atoms with Crippen molar-refractivity contribution in [3.8, 4) is 0 Å². The van der Waals surface area contributed by atoms with Crippen molar-refractivity contribution in [2.24, 2.45) is 5.41 Å². The highest BCUT2D eigenvalue weighted by Gasteiger charge is 2.42. The van der Waals surface area contributed by atoms with E-state index in [0.717, 1.165) is 18.4 Å². The van der Waals surface area contributed by atoms with E-state index in [1.165, 1.54) is 0 Å². The molecule has 2 aromatic rings. The largest absolute Gasteiger partial charge is 0.396 e. The van der Waals surface area contributed by atoms with Gasteiger partial charge in [-0.1, -0.05) is 24.3 Å². The van der Waals surface area contributed by atoms with E-state index in [4.69, 9.17) is 0 Å². The molecule has 2 amide bonds. The number of carbonyl (C=O) groups excluding carboxylic acids is 2. The number of amides is 2. The average Bonchev–Trinajstić information content (AvgIpc) is 3.43. The molecule has 3 N–H and O–H groups in total. The van der Waals surface area contributed by atoms with Crippen molar-refractivity contribution in [3.63, 3.8) is 0 Å². The molecule has 1 aliphatic rings. The Labute approximate surface area is 147 Å². The molecule has 1 fully saturated rings. The van der Waals surface area contributed by atoms with Gasteiger partial charge in [-0.25, -0.2) is 0 Å². The van der Waals surface area contributed by atoms with Crippen LogP contribution in [0, 0.1) is 12.3 Å². The maximum absolute atomic E-state index is 12.3. The zero-order valence-corrected chi connectivity index (χ0v) is 14.2. The predicted octanol–water partition coefficient (Wildman–Crippen LogP) is 2.75. The van der Waals surface area contributed by atoms with Crippen LogP contribution in [-0.4, -0.2) is 30.1 Å². The number of hydrogen-bond acceptors (Lipinski definition) is 3. The first-order valence-electron chi connectivity index (χ1n) is 8.39. The minimum absolute atomic E-state index is 0.0968. The summed E-state index contributed by atoms with van der Waals surface area (Å²) in [7, 11) is 0. The van der Waals surface area contributed by atoms with Crippen molar-refractivity contribution in [1.29, 1.82) is 0 Å². The highest BCUT2D eigenvalue weighted by molar-refractivity contribution is 6.05. The van der Waals surface area contributed by atoms with Crippen molar-refractivity contribution >= 4 is 17.5 Å². The first-order chi connectivity index (χ1) is 12.0. The van der Waals surface area contributed by atoms with Crippen LogP contribution in [-0.2, 0) is 0 Å². The number of rotatable bonds is 6. The third kappa shape index (κ3) is 4.06. The molecular weight excluding hydrogens is 316 g/mol. The fourth-order valence-corrected chi connectivity index (χ4v) is 2.62. The zero-order chi connectivity index (χ0) is 17.9. The fraction of sp³-hybridized carbons (Fsp3) is 0.300. The van der Waals surface area contributed by atoms with Crippen LogP contribution in [0.15, 0.2) is 48.5 Å². The number of benzene rings is 2. The van der Waals surface area contributed by atoms with Crippen LogP contribution in [0.1, 0.15) is 39.1 Å². The Morgan fingerprint density at radius 3 is 2.40 bits per heavy atom. The smallest absolute Gasteiger partial charge is 0.255 e. The van der Waals surface area contributed by atoms with E-state index in [1.54, 1.807) is 36.4 Å². The maximum Gasteiger partial charge on any atom is 0.255 e. The third-order valence-corrected chi connectivity index (χ3v) is 4.70. The van der Waals surface area contributed by atoms with Gasteiger partial charge in [0.15, 0.2) is 0 Å². The minimum Gasteiger partial charge on any atom is -0.396 e. The number of nitrogens with one attached hydrogen (secondary N) is 2. The number of anilines is 1. The number of aryl methyl sites for hydroxylation is 1. The Balaban J connectivity index is 1.69. The molecular formula is C20H22N2O3. The molecule has 0 spiro atoms. The summed E-state index contributed by atoms with van der Waals surface area (Å²) in [5.41, 5.74) is 2.42. The monoisotopic (exact) mass is 338 g/mol. The Morgan fingerprint density at radius 1 is 1.04 bits per heavy atom. The maximum atomic E-state index is 12.3. The van der Waals surface area contributed by atoms with Crippen LogP contribution >= 0.6 is 0 Å². The Bertz CT molecular complexity index is 783. The highest BCUT2D eigenvalue weighted by Crippen LogP contribution is 2.44. The number of carbonyl (C=O) groups is 2. The molecule has 25 heavy (non-hydrogen) atoms. The van der Waals surface area contributed by atoms with Gasteiger partial charge in [0, 0.05) is 28.8 Å². The fourth-order valence-electron chi connectivity index (χ4n) is 2.62. The molecule has 0 aliphatic heterocycles. The molecule has 0 unspecified atom stereocenters. The first kappa shape index (κ1) is 17.2. The summed E-state index contributed by atoms with van der Waals surface area (Å²) in [5.74, 6) is -0.409. The van der Waals surface area contributed by atoms with Crippen LogP contribution in [0.3, 0.4) is 0 Å². The van der Waals surface area contributed by atoms with Crippen molar-refractivity contribution in [2.45, 2.75) is 19.8 Å². The molecule has 0 saturated heterocycles. The summed E-state index contributed by atoms with van der Waals surface area (Å²) in [6, 6.07) is 14.2. The lowest BCUT2D eigenvalue weighted by atomic mass is 10.1. The standard InChI is InChI=1S/C20H22N2O3/c1-14-7-8-16(18(24)21-12-20(13-23)9-10-20)11-17(14)22-19(25)15-5-3-2-4-6-15/h2-8,11,23H,9-10,12-13H2,1H3,(H,21,24)(H,22,25). The Kier molecular flexibility index (Phi) is 4.86. The molecule has 0 heterocycles. The van der Waals surface area contributed by atoms with Gasteiger partial charge in [0.2, 0.25) is 0 Å². The molecule has 1 saturated carbocycles. The molecule has 3 rings (SSSR count). The van der Waals surface area contributed by atoms with Gasteiger partial charge in [-0.05, 0) is 49.6 Å². The average molecular weight is 338 g/mol. The van der Waals surface area contributed by atoms with E-state index in [1.807, 2.05) is 19.1 Å². The number of aliphatic hydroxyl groups excluding tert-OH is 1. The van der Waals surface area contributed by atoms with Crippen LogP contribution in [0.25, 0.3) is 0 Å². The predicted molar refractivity (Wildman–Crippen MR) is 96.7 cm³/mol. The first-order valence-corrected chi connectivity index (χ1v) is 8.39. The number of hydrogen-bond donors (Lipinski definition) is 3. The van der Waals surface area contributed by atoms with Gasteiger partial charge >= 0.3 is 0 Å². The van der Waals surface area contributed by atoms with E-state index in [0.29, 0.717) is 23.4 Å². The normalized spacial score (nSPS) is 14.6. The second-order valence-electron chi connectivity index (χ2n) is 6.69. The molecule has 0 atom stereocenters. The molecule has 0 bridgehead atoms. The van der Waals surface area contributed by atoms with E-state index in [-0.39, 0.29) is 23.8 Å². The van der Waals surface area contributed by atoms with Crippen LogP contribution in [0.2, 0.25) is 0 Å². The quantitative estimate of drug-likeness (QED) is 0.758. The van der Waals surface area contributed by atoms with E-state index < -0.39 is 0 Å². The topological polar surface area (TPSA) is 78.4 Å². The van der Waals surface area contributed by atoms with Gasteiger partial charge in [0.25, 0.3) is 11.8 Å². The lowest BCUT2D eigenvalue weighted by Gasteiger charge is -2.14. The van der Waals surface area contributed by atoms with Gasteiger partial charge in [0.05, 0.1) is 6.61 Å². The summed E-state index contributed by atoms with van der Waals surface area (Å²) >= 11 is 0. The van der Waals surface area contributed by atoms with Gasteiger partial charge in [-0.2, -0.15) is 0 Å². The molecule has 130 valence electrons. The van der Waals surface area contributed by atoms with Crippen LogP contribution in [0.4, 0.5) is 5.69 Å². The van der Waals surface area contributed by atoms with Crippen LogP contribution in [0.5, 0.6) is 0 Å². The third-order valence-electron chi connectivity index (χ3n) is 4.70. The van der Waals surface area contributed by atoms with Crippen molar-refractivity contribution < 1.29 is 14.7 Å². The second-order valence-corrected chi connectivity index (χ2v) is 6.69. The second kappa shape index (κ2) is 7.07. The van der Waals surface area contributed by atoms with Gasteiger partial charge < -0.3 is 15.7 Å². The van der Waals surface area contributed by atoms with Crippen molar-refractivity contribution in [3.05, 3.63) is 65.2 Å². The summed E-state index contributed by atoms with van der Waals surface area (Å²) < 4.78 is 0. The molecule has 1 aliphatic carbocycles. The lowest BCUT2D eigenvalue weighted by molar-refractivity contribution is 0.0934. The summed E-state index contributed by atoms with van der Waals surface area (Å²) in [6.07, 6.45) is 1.88. The van der Waals surface area contributed by atoms with E-state index in [9.17, 15) is 14.7 Å². The minimum atomic E-state index is -0.210. The zero-order valence-electron chi connectivity index (χ0n) is 14.2. The van der Waals surface area contributed by atoms with Gasteiger partial charge in [0.1, 0.15) is 0 Å². The molecule has 5 heteroatoms. The van der Waals surface area contributed by atoms with Crippen LogP contribution < -0.4 is 10.6 Å². The highest BCUT2D eigenvalue weighted by atomic mass is 16.3. The van der Waals surface area contributed by atoms with E-state index >= 15 is 0 Å². The summed E-state index contributed by atoms with van der Waals surface area (Å²) in [6.45, 7) is 2.45. The molecule has 2 aromatic carbocycles. The Morgan fingerprint density at radius 2 is 1.76 bits per heavy atom.